The van der Waals surface area contributed by atoms with Crippen LogP contribution in [0.25, 0.3) is 0 Å². The van der Waals surface area contributed by atoms with Crippen LogP contribution in [0, 0.1) is 5.92 Å². The highest BCUT2D eigenvalue weighted by molar-refractivity contribution is 6.67. The average molecular weight is 210 g/mol. The molecule has 0 fully saturated rings. The van der Waals surface area contributed by atoms with Crippen molar-refractivity contribution in [2.75, 3.05) is 0 Å². The van der Waals surface area contributed by atoms with Crippen molar-refractivity contribution in [3.8, 4) is 0 Å². The molecule has 1 atom stereocenters. The maximum absolute atomic E-state index is 10.9. The van der Waals surface area contributed by atoms with Gasteiger partial charge < -0.3 is 0 Å². The number of nitrogens with zero attached hydrogens (tertiary/aromatic N) is 1. The van der Waals surface area contributed by atoms with Gasteiger partial charge in [-0.25, -0.2) is 0 Å². The van der Waals surface area contributed by atoms with E-state index in [1.54, 1.807) is 6.20 Å². The van der Waals surface area contributed by atoms with Crippen LogP contribution in [-0.2, 0) is 12.8 Å². The lowest BCUT2D eigenvalue weighted by Crippen LogP contribution is -2.13. The maximum Gasteiger partial charge on any atom is 0.253 e. The monoisotopic (exact) mass is 209 g/mol. The number of pyridine rings is 1. The summed E-state index contributed by atoms with van der Waals surface area (Å²) in [6, 6.07) is 1.88. The molecule has 0 saturated heterocycles. The van der Waals surface area contributed by atoms with E-state index in [9.17, 15) is 4.79 Å². The third kappa shape index (κ3) is 1.80. The van der Waals surface area contributed by atoms with Crippen molar-refractivity contribution in [1.29, 1.82) is 0 Å². The number of hydrogen-bond donors (Lipinski definition) is 0. The number of aryl methyl sites for hydroxylation is 1. The normalized spacial score (nSPS) is 20.3. The largest absolute Gasteiger partial charge is 0.276 e. The maximum atomic E-state index is 10.9. The van der Waals surface area contributed by atoms with Gasteiger partial charge in [-0.15, -0.1) is 0 Å². The first-order valence-corrected chi connectivity index (χ1v) is 5.22. The van der Waals surface area contributed by atoms with Crippen LogP contribution in [0.5, 0.6) is 0 Å². The van der Waals surface area contributed by atoms with Crippen molar-refractivity contribution in [1.82, 2.24) is 4.98 Å². The molecule has 0 aliphatic heterocycles. The van der Waals surface area contributed by atoms with Gasteiger partial charge in [0.25, 0.3) is 5.24 Å². The van der Waals surface area contributed by atoms with Crippen LogP contribution in [0.2, 0.25) is 0 Å². The summed E-state index contributed by atoms with van der Waals surface area (Å²) in [6.45, 7) is 2.22. The number of hydrogen-bond acceptors (Lipinski definition) is 2. The Balaban J connectivity index is 2.37. The molecule has 2 nitrogen and oxygen atoms in total. The summed E-state index contributed by atoms with van der Waals surface area (Å²) in [5.41, 5.74) is 2.83. The zero-order valence-corrected chi connectivity index (χ0v) is 8.84. The van der Waals surface area contributed by atoms with Gasteiger partial charge in [-0.05, 0) is 48.4 Å². The van der Waals surface area contributed by atoms with E-state index in [0.29, 0.717) is 11.5 Å². The second-order valence-corrected chi connectivity index (χ2v) is 4.29. The van der Waals surface area contributed by atoms with Gasteiger partial charge in [0.2, 0.25) is 0 Å². The lowest BCUT2D eigenvalue weighted by atomic mass is 9.87. The van der Waals surface area contributed by atoms with Crippen molar-refractivity contribution >= 4 is 16.8 Å². The van der Waals surface area contributed by atoms with Gasteiger partial charge in [-0.1, -0.05) is 6.92 Å². The van der Waals surface area contributed by atoms with Crippen LogP contribution >= 0.6 is 11.6 Å². The van der Waals surface area contributed by atoms with Gasteiger partial charge >= 0.3 is 0 Å². The van der Waals surface area contributed by atoms with Crippen LogP contribution in [0.3, 0.4) is 0 Å². The topological polar surface area (TPSA) is 30.0 Å². The third-order valence-corrected chi connectivity index (χ3v) is 2.95. The van der Waals surface area contributed by atoms with Crippen molar-refractivity contribution in [3.05, 3.63) is 29.1 Å². The lowest BCUT2D eigenvalue weighted by molar-refractivity contribution is 0.108. The van der Waals surface area contributed by atoms with Crippen molar-refractivity contribution < 1.29 is 4.79 Å². The van der Waals surface area contributed by atoms with Gasteiger partial charge in [-0.3, -0.25) is 9.78 Å². The molecule has 1 aromatic rings. The van der Waals surface area contributed by atoms with E-state index < -0.39 is 5.24 Å². The predicted octanol–water partition coefficient (Wildman–Crippen LogP) is 2.59. The molecule has 14 heavy (non-hydrogen) atoms. The fourth-order valence-electron chi connectivity index (χ4n) is 1.91. The SMILES string of the molecule is CC1CCc2ncc(C(=O)Cl)cc2C1. The van der Waals surface area contributed by atoms with E-state index in [1.807, 2.05) is 6.07 Å². The highest BCUT2D eigenvalue weighted by Gasteiger charge is 2.17. The molecule has 1 heterocycles. The molecule has 0 radical (unpaired) electrons. The summed E-state index contributed by atoms with van der Waals surface area (Å²) >= 11 is 5.40. The highest BCUT2D eigenvalue weighted by atomic mass is 35.5. The van der Waals surface area contributed by atoms with Crippen LogP contribution in [0.15, 0.2) is 12.3 Å². The average Bonchev–Trinajstić information content (AvgIpc) is 2.16. The molecule has 0 bridgehead atoms. The Labute approximate surface area is 88.3 Å². The van der Waals surface area contributed by atoms with Gasteiger partial charge in [0.1, 0.15) is 0 Å². The minimum atomic E-state index is -0.418. The molecule has 74 valence electrons. The van der Waals surface area contributed by atoms with E-state index in [4.69, 9.17) is 11.6 Å². The van der Waals surface area contributed by atoms with Crippen molar-refractivity contribution in [2.24, 2.45) is 5.92 Å². The summed E-state index contributed by atoms with van der Waals surface area (Å²) in [5.74, 6) is 0.685. The van der Waals surface area contributed by atoms with E-state index in [1.165, 1.54) is 12.0 Å². The van der Waals surface area contributed by atoms with Crippen LogP contribution in [0.4, 0.5) is 0 Å². The number of rotatable bonds is 1. The molecular weight excluding hydrogens is 198 g/mol. The molecule has 1 aromatic heterocycles. The molecule has 2 rings (SSSR count). The first-order valence-electron chi connectivity index (χ1n) is 4.84. The number of fused-ring (bicyclic) bond motifs is 1. The second kappa shape index (κ2) is 3.70. The molecule has 3 heteroatoms. The Morgan fingerprint density at radius 3 is 3.14 bits per heavy atom. The van der Waals surface area contributed by atoms with Crippen LogP contribution in [0.1, 0.15) is 35.0 Å². The standard InChI is InChI=1S/C11H12ClNO/c1-7-2-3-10-8(4-7)5-9(6-13-10)11(12)14/h5-7H,2-4H2,1H3. The summed E-state index contributed by atoms with van der Waals surface area (Å²) in [5, 5.41) is -0.418. The molecule has 0 spiro atoms. The predicted molar refractivity (Wildman–Crippen MR) is 55.6 cm³/mol. The van der Waals surface area contributed by atoms with Crippen LogP contribution in [-0.4, -0.2) is 10.2 Å². The zero-order valence-electron chi connectivity index (χ0n) is 8.09. The Morgan fingerprint density at radius 2 is 2.43 bits per heavy atom. The third-order valence-electron chi connectivity index (χ3n) is 2.73. The first-order chi connectivity index (χ1) is 6.66. The summed E-state index contributed by atoms with van der Waals surface area (Å²) in [6.07, 6.45) is 4.80. The second-order valence-electron chi connectivity index (χ2n) is 3.95. The van der Waals surface area contributed by atoms with Crippen molar-refractivity contribution in [2.45, 2.75) is 26.2 Å². The Kier molecular flexibility index (Phi) is 2.55. The van der Waals surface area contributed by atoms with Gasteiger partial charge in [0.15, 0.2) is 0 Å². The summed E-state index contributed by atoms with van der Waals surface area (Å²) < 4.78 is 0. The number of halogens is 1. The van der Waals surface area contributed by atoms with E-state index in [2.05, 4.69) is 11.9 Å². The molecule has 1 aliphatic rings. The summed E-state index contributed by atoms with van der Waals surface area (Å²) in [4.78, 5) is 15.2. The molecular formula is C11H12ClNO. The number of aromatic nitrogens is 1. The quantitative estimate of drug-likeness (QED) is 0.666. The Hall–Kier alpha value is -0.890. The Morgan fingerprint density at radius 1 is 1.64 bits per heavy atom. The van der Waals surface area contributed by atoms with E-state index in [-0.39, 0.29) is 0 Å². The summed E-state index contributed by atoms with van der Waals surface area (Å²) in [7, 11) is 0. The molecule has 0 N–H and O–H groups in total. The smallest absolute Gasteiger partial charge is 0.253 e. The highest BCUT2D eigenvalue weighted by Crippen LogP contribution is 2.24. The van der Waals surface area contributed by atoms with E-state index >= 15 is 0 Å². The molecule has 1 unspecified atom stereocenters. The minimum absolute atomic E-state index is 0.418. The molecule has 0 amide bonds. The zero-order chi connectivity index (χ0) is 10.1. The van der Waals surface area contributed by atoms with Gasteiger partial charge in [0.05, 0.1) is 5.56 Å². The fraction of sp³-hybridized carbons (Fsp3) is 0.455. The van der Waals surface area contributed by atoms with E-state index in [0.717, 1.165) is 18.5 Å². The molecule has 1 aliphatic carbocycles. The number of carbonyl (C=O) groups excluding carboxylic acids is 1. The first kappa shape index (κ1) is 9.66. The Bertz CT molecular complexity index is 376. The minimum Gasteiger partial charge on any atom is -0.276 e. The molecule has 0 aromatic carbocycles. The van der Waals surface area contributed by atoms with Gasteiger partial charge in [-0.2, -0.15) is 0 Å². The lowest BCUT2D eigenvalue weighted by Gasteiger charge is -2.20. The van der Waals surface area contributed by atoms with Gasteiger partial charge in [0, 0.05) is 11.9 Å². The van der Waals surface area contributed by atoms with Crippen LogP contribution < -0.4 is 0 Å². The van der Waals surface area contributed by atoms with Crippen molar-refractivity contribution in [3.63, 3.8) is 0 Å². The number of carbonyl (C=O) groups is 1. The fourth-order valence-corrected chi connectivity index (χ4v) is 2.01. The molecule has 0 saturated carbocycles.